The standard InChI is InChI=1S/C26H26N2O4S2/c1-17(2)34(30,31)21-13-11-20(12-14-21)25(29)28(16-19-8-6-5-7-9-19)26-27-23-22(32-4)15-10-18(3)24(23)33-26/h5-15,17H,16H2,1-4H3. The molecule has 0 spiro atoms. The Kier molecular flexibility index (Phi) is 6.72. The smallest absolute Gasteiger partial charge is 0.260 e. The second-order valence-electron chi connectivity index (χ2n) is 8.25. The van der Waals surface area contributed by atoms with E-state index in [1.807, 2.05) is 49.4 Å². The predicted molar refractivity (Wildman–Crippen MR) is 137 cm³/mol. The summed E-state index contributed by atoms with van der Waals surface area (Å²) < 4.78 is 31.4. The third-order valence-corrected chi connectivity index (χ3v) is 9.01. The largest absolute Gasteiger partial charge is 0.494 e. The van der Waals surface area contributed by atoms with Crippen molar-refractivity contribution in [1.29, 1.82) is 0 Å². The minimum absolute atomic E-state index is 0.203. The third kappa shape index (κ3) is 4.56. The van der Waals surface area contributed by atoms with Crippen LogP contribution >= 0.6 is 11.3 Å². The minimum atomic E-state index is -3.42. The number of carbonyl (C=O) groups is 1. The Morgan fingerprint density at radius 2 is 1.71 bits per heavy atom. The number of fused-ring (bicyclic) bond motifs is 1. The summed E-state index contributed by atoms with van der Waals surface area (Å²) in [5.41, 5.74) is 3.11. The Balaban J connectivity index is 1.77. The summed E-state index contributed by atoms with van der Waals surface area (Å²) in [6.07, 6.45) is 0. The fourth-order valence-corrected chi connectivity index (χ4v) is 5.69. The van der Waals surface area contributed by atoms with Gasteiger partial charge in [-0.2, -0.15) is 0 Å². The van der Waals surface area contributed by atoms with Crippen molar-refractivity contribution in [2.45, 2.75) is 37.5 Å². The van der Waals surface area contributed by atoms with Gasteiger partial charge in [-0.15, -0.1) is 0 Å². The third-order valence-electron chi connectivity index (χ3n) is 5.62. The van der Waals surface area contributed by atoms with Gasteiger partial charge in [0.25, 0.3) is 5.91 Å². The van der Waals surface area contributed by atoms with Gasteiger partial charge in [0.2, 0.25) is 0 Å². The topological polar surface area (TPSA) is 76.6 Å². The highest BCUT2D eigenvalue weighted by Crippen LogP contribution is 2.37. The quantitative estimate of drug-likeness (QED) is 0.332. The summed E-state index contributed by atoms with van der Waals surface area (Å²) >= 11 is 1.43. The highest BCUT2D eigenvalue weighted by molar-refractivity contribution is 7.92. The van der Waals surface area contributed by atoms with Crippen LogP contribution in [0.4, 0.5) is 5.13 Å². The maximum Gasteiger partial charge on any atom is 0.260 e. The molecule has 176 valence electrons. The Labute approximate surface area is 203 Å². The zero-order valence-electron chi connectivity index (χ0n) is 19.5. The molecule has 0 aliphatic carbocycles. The van der Waals surface area contributed by atoms with Crippen molar-refractivity contribution in [3.8, 4) is 5.75 Å². The summed E-state index contributed by atoms with van der Waals surface area (Å²) in [6.45, 7) is 5.60. The number of amides is 1. The molecule has 1 heterocycles. The highest BCUT2D eigenvalue weighted by Gasteiger charge is 2.25. The van der Waals surface area contributed by atoms with E-state index in [-0.39, 0.29) is 10.8 Å². The van der Waals surface area contributed by atoms with E-state index < -0.39 is 15.1 Å². The van der Waals surface area contributed by atoms with Gasteiger partial charge >= 0.3 is 0 Å². The number of sulfone groups is 1. The summed E-state index contributed by atoms with van der Waals surface area (Å²) in [4.78, 5) is 20.3. The highest BCUT2D eigenvalue weighted by atomic mass is 32.2. The second kappa shape index (κ2) is 9.56. The molecule has 0 atom stereocenters. The summed E-state index contributed by atoms with van der Waals surface area (Å²) in [7, 11) is -1.82. The maximum atomic E-state index is 13.7. The maximum absolute atomic E-state index is 13.7. The fourth-order valence-electron chi connectivity index (χ4n) is 3.59. The number of hydrogen-bond donors (Lipinski definition) is 0. The van der Waals surface area contributed by atoms with Gasteiger partial charge < -0.3 is 4.74 Å². The van der Waals surface area contributed by atoms with Crippen LogP contribution in [0, 0.1) is 6.92 Å². The van der Waals surface area contributed by atoms with Crippen molar-refractivity contribution in [3.63, 3.8) is 0 Å². The number of hydrogen-bond acceptors (Lipinski definition) is 6. The number of methoxy groups -OCH3 is 1. The number of aryl methyl sites for hydroxylation is 1. The van der Waals surface area contributed by atoms with Crippen LogP contribution in [0.3, 0.4) is 0 Å². The first-order valence-corrected chi connectivity index (χ1v) is 13.2. The molecule has 0 radical (unpaired) electrons. The van der Waals surface area contributed by atoms with Crippen molar-refractivity contribution in [2.24, 2.45) is 0 Å². The molecule has 0 fully saturated rings. The molecule has 0 aliphatic heterocycles. The van der Waals surface area contributed by atoms with Crippen molar-refractivity contribution >= 4 is 42.4 Å². The number of carbonyl (C=O) groups excluding carboxylic acids is 1. The fraction of sp³-hybridized carbons (Fsp3) is 0.231. The van der Waals surface area contributed by atoms with Gasteiger partial charge in [0.05, 0.1) is 28.5 Å². The summed E-state index contributed by atoms with van der Waals surface area (Å²) in [5.74, 6) is 0.395. The molecule has 1 amide bonds. The first-order valence-electron chi connectivity index (χ1n) is 10.9. The number of nitrogens with zero attached hydrogens (tertiary/aromatic N) is 2. The first kappa shape index (κ1) is 23.9. The van der Waals surface area contributed by atoms with Crippen molar-refractivity contribution in [2.75, 3.05) is 12.0 Å². The molecule has 0 N–H and O–H groups in total. The van der Waals surface area contributed by atoms with Gasteiger partial charge in [0, 0.05) is 5.56 Å². The molecule has 3 aromatic carbocycles. The molecule has 34 heavy (non-hydrogen) atoms. The molecule has 0 saturated carbocycles. The SMILES string of the molecule is COc1ccc(C)c2sc(N(Cc3ccccc3)C(=O)c3ccc(S(=O)(=O)C(C)C)cc3)nc12. The van der Waals surface area contributed by atoms with Gasteiger partial charge in [0.1, 0.15) is 11.3 Å². The number of benzene rings is 3. The lowest BCUT2D eigenvalue weighted by atomic mass is 10.1. The van der Waals surface area contributed by atoms with E-state index in [0.717, 1.165) is 15.8 Å². The predicted octanol–water partition coefficient (Wildman–Crippen LogP) is 5.64. The summed E-state index contributed by atoms with van der Waals surface area (Å²) in [6, 6.07) is 19.7. The molecule has 0 saturated heterocycles. The second-order valence-corrected chi connectivity index (χ2v) is 11.7. The van der Waals surface area contributed by atoms with Gasteiger partial charge in [-0.05, 0) is 62.2 Å². The molecule has 0 unspecified atom stereocenters. The van der Waals surface area contributed by atoms with Crippen LogP contribution < -0.4 is 9.64 Å². The molecule has 0 bridgehead atoms. The number of anilines is 1. The molecule has 0 aliphatic rings. The first-order chi connectivity index (χ1) is 16.2. The number of rotatable bonds is 7. The minimum Gasteiger partial charge on any atom is -0.494 e. The van der Waals surface area contributed by atoms with E-state index in [0.29, 0.717) is 28.5 Å². The Bertz CT molecular complexity index is 1430. The average molecular weight is 495 g/mol. The number of thiazole rings is 1. The van der Waals surface area contributed by atoms with Gasteiger partial charge in [-0.1, -0.05) is 47.7 Å². The van der Waals surface area contributed by atoms with Gasteiger partial charge in [0.15, 0.2) is 15.0 Å². The molecular weight excluding hydrogens is 468 g/mol. The zero-order valence-corrected chi connectivity index (χ0v) is 21.1. The average Bonchev–Trinajstić information content (AvgIpc) is 3.29. The van der Waals surface area contributed by atoms with Crippen molar-refractivity contribution < 1.29 is 17.9 Å². The van der Waals surface area contributed by atoms with Crippen LogP contribution in [-0.4, -0.2) is 31.7 Å². The summed E-state index contributed by atoms with van der Waals surface area (Å²) in [5, 5.41) is 0.0138. The lowest BCUT2D eigenvalue weighted by Crippen LogP contribution is -2.30. The van der Waals surface area contributed by atoms with Crippen LogP contribution in [0.25, 0.3) is 10.2 Å². The van der Waals surface area contributed by atoms with E-state index in [4.69, 9.17) is 9.72 Å². The van der Waals surface area contributed by atoms with Gasteiger partial charge in [-0.3, -0.25) is 9.69 Å². The number of ether oxygens (including phenoxy) is 1. The molecule has 1 aromatic heterocycles. The van der Waals surface area contributed by atoms with Crippen LogP contribution in [0.2, 0.25) is 0 Å². The molecular formula is C26H26N2O4S2. The van der Waals surface area contributed by atoms with Crippen LogP contribution in [0.5, 0.6) is 5.75 Å². The molecule has 4 rings (SSSR count). The lowest BCUT2D eigenvalue weighted by molar-refractivity contribution is 0.0985. The Morgan fingerprint density at radius 1 is 1.03 bits per heavy atom. The lowest BCUT2D eigenvalue weighted by Gasteiger charge is -2.20. The Hall–Kier alpha value is -3.23. The zero-order chi connectivity index (χ0) is 24.5. The molecule has 4 aromatic rings. The van der Waals surface area contributed by atoms with E-state index in [1.54, 1.807) is 38.0 Å². The van der Waals surface area contributed by atoms with Crippen molar-refractivity contribution in [3.05, 3.63) is 83.4 Å². The van der Waals surface area contributed by atoms with E-state index >= 15 is 0 Å². The van der Waals surface area contributed by atoms with E-state index in [1.165, 1.54) is 23.5 Å². The van der Waals surface area contributed by atoms with Crippen LogP contribution in [0.1, 0.15) is 35.3 Å². The molecule has 8 heteroatoms. The number of aromatic nitrogens is 1. The van der Waals surface area contributed by atoms with Gasteiger partial charge in [-0.25, -0.2) is 13.4 Å². The normalized spacial score (nSPS) is 11.7. The molecule has 6 nitrogen and oxygen atoms in total. The monoisotopic (exact) mass is 494 g/mol. The van der Waals surface area contributed by atoms with Crippen LogP contribution in [-0.2, 0) is 16.4 Å². The Morgan fingerprint density at radius 3 is 2.32 bits per heavy atom. The van der Waals surface area contributed by atoms with E-state index in [9.17, 15) is 13.2 Å². The van der Waals surface area contributed by atoms with Crippen LogP contribution in [0.15, 0.2) is 71.6 Å². The van der Waals surface area contributed by atoms with Crippen molar-refractivity contribution in [1.82, 2.24) is 4.98 Å². The van der Waals surface area contributed by atoms with E-state index in [2.05, 4.69) is 0 Å².